The van der Waals surface area contributed by atoms with Crippen LogP contribution in [0.1, 0.15) is 24.1 Å². The highest BCUT2D eigenvalue weighted by molar-refractivity contribution is 5.96. The zero-order chi connectivity index (χ0) is 22.1. The summed E-state index contributed by atoms with van der Waals surface area (Å²) < 4.78 is 15.1. The van der Waals surface area contributed by atoms with Gasteiger partial charge in [-0.05, 0) is 50.6 Å². The molecular formula is C25H22FN3O2. The predicted molar refractivity (Wildman–Crippen MR) is 121 cm³/mol. The molecular weight excluding hydrogens is 393 g/mol. The average molecular weight is 415 g/mol. The Hall–Kier alpha value is -3.80. The number of hydrogen-bond donors (Lipinski definition) is 1. The van der Waals surface area contributed by atoms with Crippen LogP contribution in [0, 0.1) is 19.7 Å². The average Bonchev–Trinajstić information content (AvgIpc) is 2.77. The molecule has 1 aromatic heterocycles. The third-order valence-electron chi connectivity index (χ3n) is 5.35. The van der Waals surface area contributed by atoms with Gasteiger partial charge in [0.1, 0.15) is 11.9 Å². The van der Waals surface area contributed by atoms with Crippen LogP contribution in [0.15, 0.2) is 71.5 Å². The summed E-state index contributed by atoms with van der Waals surface area (Å²) in [7, 11) is 0. The number of hydrogen-bond acceptors (Lipinski definition) is 3. The van der Waals surface area contributed by atoms with Crippen LogP contribution in [0.4, 0.5) is 10.1 Å². The van der Waals surface area contributed by atoms with Crippen molar-refractivity contribution in [1.29, 1.82) is 0 Å². The minimum absolute atomic E-state index is 0.0583. The fourth-order valence-electron chi connectivity index (χ4n) is 3.57. The fourth-order valence-corrected chi connectivity index (χ4v) is 3.57. The van der Waals surface area contributed by atoms with Crippen molar-refractivity contribution in [3.05, 3.63) is 94.0 Å². The zero-order valence-electron chi connectivity index (χ0n) is 17.5. The Labute approximate surface area is 179 Å². The molecule has 3 aromatic carbocycles. The standard InChI is InChI=1S/C25H22FN3O2/c1-15-12-13-16(2)20(14-15)23-18-8-4-5-9-19(18)25(31)29(28-23)17(3)24(30)27-22-11-7-6-10-21(22)26/h4-14,17H,1-3H3,(H,27,30)/t17-/m0/s1. The predicted octanol–water partition coefficient (Wildman–Crippen LogP) is 5.02. The van der Waals surface area contributed by atoms with Crippen molar-refractivity contribution >= 4 is 22.4 Å². The molecule has 1 N–H and O–H groups in total. The number of nitrogens with zero attached hydrogens (tertiary/aromatic N) is 2. The minimum Gasteiger partial charge on any atom is -0.322 e. The van der Waals surface area contributed by atoms with Crippen LogP contribution in [-0.2, 0) is 4.79 Å². The van der Waals surface area contributed by atoms with E-state index >= 15 is 0 Å². The second kappa shape index (κ2) is 8.14. The largest absolute Gasteiger partial charge is 0.322 e. The normalized spacial score (nSPS) is 12.0. The lowest BCUT2D eigenvalue weighted by atomic mass is 9.99. The maximum absolute atomic E-state index is 14.0. The molecule has 1 atom stereocenters. The molecule has 1 heterocycles. The zero-order valence-corrected chi connectivity index (χ0v) is 17.5. The number of rotatable bonds is 4. The molecule has 4 rings (SSSR count). The third kappa shape index (κ3) is 3.84. The topological polar surface area (TPSA) is 64.0 Å². The van der Waals surface area contributed by atoms with Crippen molar-refractivity contribution in [2.75, 3.05) is 5.32 Å². The van der Waals surface area contributed by atoms with Crippen molar-refractivity contribution in [3.63, 3.8) is 0 Å². The Morgan fingerprint density at radius 3 is 2.42 bits per heavy atom. The molecule has 0 unspecified atom stereocenters. The van der Waals surface area contributed by atoms with Gasteiger partial charge in [0.2, 0.25) is 5.91 Å². The lowest BCUT2D eigenvalue weighted by molar-refractivity contribution is -0.119. The summed E-state index contributed by atoms with van der Waals surface area (Å²) in [5.74, 6) is -1.07. The molecule has 0 aliphatic rings. The van der Waals surface area contributed by atoms with Crippen LogP contribution in [0.5, 0.6) is 0 Å². The smallest absolute Gasteiger partial charge is 0.275 e. The van der Waals surface area contributed by atoms with Gasteiger partial charge >= 0.3 is 0 Å². The monoisotopic (exact) mass is 415 g/mol. The molecule has 4 aromatic rings. The van der Waals surface area contributed by atoms with Crippen molar-refractivity contribution in [2.45, 2.75) is 26.8 Å². The maximum atomic E-state index is 14.0. The van der Waals surface area contributed by atoms with E-state index in [2.05, 4.69) is 10.4 Å². The van der Waals surface area contributed by atoms with Crippen molar-refractivity contribution < 1.29 is 9.18 Å². The first-order valence-electron chi connectivity index (χ1n) is 10.0. The second-order valence-corrected chi connectivity index (χ2v) is 7.61. The maximum Gasteiger partial charge on any atom is 0.275 e. The molecule has 0 radical (unpaired) electrons. The van der Waals surface area contributed by atoms with Gasteiger partial charge in [0.25, 0.3) is 5.56 Å². The first kappa shape index (κ1) is 20.5. The summed E-state index contributed by atoms with van der Waals surface area (Å²) in [6, 6.07) is 18.2. The Bertz CT molecular complexity index is 1360. The summed E-state index contributed by atoms with van der Waals surface area (Å²) in [4.78, 5) is 26.0. The number of benzene rings is 3. The van der Waals surface area contributed by atoms with E-state index in [1.165, 1.54) is 16.8 Å². The molecule has 5 nitrogen and oxygen atoms in total. The van der Waals surface area contributed by atoms with Crippen LogP contribution in [0.2, 0.25) is 0 Å². The number of carbonyl (C=O) groups excluding carboxylic acids is 1. The van der Waals surface area contributed by atoms with Crippen LogP contribution < -0.4 is 10.9 Å². The molecule has 0 aliphatic heterocycles. The third-order valence-corrected chi connectivity index (χ3v) is 5.35. The highest BCUT2D eigenvalue weighted by Gasteiger charge is 2.22. The number of fused-ring (bicyclic) bond motifs is 1. The van der Waals surface area contributed by atoms with E-state index in [4.69, 9.17) is 0 Å². The molecule has 1 amide bonds. The van der Waals surface area contributed by atoms with Gasteiger partial charge < -0.3 is 5.32 Å². The highest BCUT2D eigenvalue weighted by Crippen LogP contribution is 2.29. The van der Waals surface area contributed by atoms with Crippen LogP contribution in [0.3, 0.4) is 0 Å². The van der Waals surface area contributed by atoms with E-state index < -0.39 is 17.8 Å². The Morgan fingerprint density at radius 1 is 1.00 bits per heavy atom. The van der Waals surface area contributed by atoms with E-state index in [9.17, 15) is 14.0 Å². The first-order valence-corrected chi connectivity index (χ1v) is 10.0. The van der Waals surface area contributed by atoms with Gasteiger partial charge in [-0.2, -0.15) is 5.10 Å². The Balaban J connectivity index is 1.86. The van der Waals surface area contributed by atoms with Crippen LogP contribution in [-0.4, -0.2) is 15.7 Å². The minimum atomic E-state index is -0.944. The number of aromatic nitrogens is 2. The number of nitrogens with one attached hydrogen (secondary N) is 1. The number of para-hydroxylation sites is 1. The van der Waals surface area contributed by atoms with Gasteiger partial charge in [-0.3, -0.25) is 9.59 Å². The lowest BCUT2D eigenvalue weighted by Crippen LogP contribution is -2.34. The van der Waals surface area contributed by atoms with E-state index in [-0.39, 0.29) is 11.2 Å². The number of aryl methyl sites for hydroxylation is 2. The molecule has 156 valence electrons. The molecule has 0 fully saturated rings. The number of anilines is 1. The van der Waals surface area contributed by atoms with Crippen LogP contribution >= 0.6 is 0 Å². The van der Waals surface area contributed by atoms with Crippen LogP contribution in [0.25, 0.3) is 22.0 Å². The van der Waals surface area contributed by atoms with Crippen molar-refractivity contribution in [1.82, 2.24) is 9.78 Å². The highest BCUT2D eigenvalue weighted by atomic mass is 19.1. The van der Waals surface area contributed by atoms with Gasteiger partial charge in [0, 0.05) is 10.9 Å². The molecule has 31 heavy (non-hydrogen) atoms. The first-order chi connectivity index (χ1) is 14.9. The lowest BCUT2D eigenvalue weighted by Gasteiger charge is -2.18. The quantitative estimate of drug-likeness (QED) is 0.509. The SMILES string of the molecule is Cc1ccc(C)c(-c2nn([C@@H](C)C(=O)Nc3ccccc3F)c(=O)c3ccccc23)c1. The number of amides is 1. The summed E-state index contributed by atoms with van der Waals surface area (Å²) in [5.41, 5.74) is 3.28. The summed E-state index contributed by atoms with van der Waals surface area (Å²) in [6.07, 6.45) is 0. The molecule has 0 spiro atoms. The summed E-state index contributed by atoms with van der Waals surface area (Å²) >= 11 is 0. The van der Waals surface area contributed by atoms with Crippen molar-refractivity contribution in [2.24, 2.45) is 0 Å². The molecule has 0 bridgehead atoms. The van der Waals surface area contributed by atoms with Crippen molar-refractivity contribution in [3.8, 4) is 11.3 Å². The summed E-state index contributed by atoms with van der Waals surface area (Å²) in [5, 5.41) is 8.35. The molecule has 0 aliphatic carbocycles. The number of halogens is 1. The number of carbonyl (C=O) groups is 1. The van der Waals surface area contributed by atoms with Gasteiger partial charge in [-0.25, -0.2) is 9.07 Å². The van der Waals surface area contributed by atoms with E-state index in [1.807, 2.05) is 44.2 Å². The molecule has 0 saturated heterocycles. The van der Waals surface area contributed by atoms with Gasteiger partial charge in [0.15, 0.2) is 0 Å². The molecule has 6 heteroatoms. The Kier molecular flexibility index (Phi) is 5.38. The molecule has 0 saturated carbocycles. The van der Waals surface area contributed by atoms with Gasteiger partial charge in [0.05, 0.1) is 16.8 Å². The fraction of sp³-hybridized carbons (Fsp3) is 0.160. The van der Waals surface area contributed by atoms with Gasteiger partial charge in [-0.1, -0.05) is 48.0 Å². The summed E-state index contributed by atoms with van der Waals surface area (Å²) in [6.45, 7) is 5.55. The van der Waals surface area contributed by atoms with E-state index in [0.29, 0.717) is 11.1 Å². The van der Waals surface area contributed by atoms with Gasteiger partial charge in [-0.15, -0.1) is 0 Å². The second-order valence-electron chi connectivity index (χ2n) is 7.61. The Morgan fingerprint density at radius 2 is 1.68 bits per heavy atom. The van der Waals surface area contributed by atoms with E-state index in [1.54, 1.807) is 31.2 Å². The van der Waals surface area contributed by atoms with E-state index in [0.717, 1.165) is 22.1 Å².